The van der Waals surface area contributed by atoms with E-state index in [-0.39, 0.29) is 6.61 Å². The van der Waals surface area contributed by atoms with Gasteiger partial charge in [0.2, 0.25) is 5.83 Å². The summed E-state index contributed by atoms with van der Waals surface area (Å²) in [5.41, 5.74) is 0. The zero-order valence-corrected chi connectivity index (χ0v) is 5.48. The molecule has 0 bridgehead atoms. The first kappa shape index (κ1) is 8.14. The SMILES string of the molecule is C/C=C(\F)C(=O)OCC. The maximum absolute atomic E-state index is 12.1. The molecule has 0 spiro atoms. The summed E-state index contributed by atoms with van der Waals surface area (Å²) in [6.45, 7) is 3.27. The average molecular weight is 132 g/mol. The molecule has 0 saturated heterocycles. The molecule has 0 amide bonds. The molecule has 0 saturated carbocycles. The third-order valence-electron chi connectivity index (χ3n) is 0.724. The van der Waals surface area contributed by atoms with Crippen LogP contribution >= 0.6 is 0 Å². The Morgan fingerprint density at radius 2 is 2.33 bits per heavy atom. The highest BCUT2D eigenvalue weighted by atomic mass is 19.1. The number of hydrogen-bond acceptors (Lipinski definition) is 2. The second-order valence-corrected chi connectivity index (χ2v) is 1.36. The van der Waals surface area contributed by atoms with E-state index in [1.54, 1.807) is 6.92 Å². The second-order valence-electron chi connectivity index (χ2n) is 1.36. The van der Waals surface area contributed by atoms with E-state index in [1.165, 1.54) is 6.92 Å². The van der Waals surface area contributed by atoms with Gasteiger partial charge in [-0.1, -0.05) is 0 Å². The first-order valence-corrected chi connectivity index (χ1v) is 2.71. The van der Waals surface area contributed by atoms with Crippen molar-refractivity contribution in [2.24, 2.45) is 0 Å². The van der Waals surface area contributed by atoms with Crippen LogP contribution in [0.15, 0.2) is 11.9 Å². The smallest absolute Gasteiger partial charge is 0.366 e. The number of rotatable bonds is 2. The maximum Gasteiger partial charge on any atom is 0.366 e. The minimum atomic E-state index is -0.889. The lowest BCUT2D eigenvalue weighted by molar-refractivity contribution is -0.140. The van der Waals surface area contributed by atoms with Gasteiger partial charge in [-0.15, -0.1) is 0 Å². The topological polar surface area (TPSA) is 26.3 Å². The number of carbonyl (C=O) groups is 1. The van der Waals surface area contributed by atoms with Gasteiger partial charge in [0, 0.05) is 0 Å². The van der Waals surface area contributed by atoms with E-state index in [1.807, 2.05) is 0 Å². The number of hydrogen-bond donors (Lipinski definition) is 0. The van der Waals surface area contributed by atoms with E-state index in [0.29, 0.717) is 0 Å². The predicted molar refractivity (Wildman–Crippen MR) is 31.5 cm³/mol. The third-order valence-corrected chi connectivity index (χ3v) is 0.724. The van der Waals surface area contributed by atoms with Gasteiger partial charge < -0.3 is 4.74 Å². The van der Waals surface area contributed by atoms with Gasteiger partial charge in [0.25, 0.3) is 0 Å². The number of esters is 1. The molecule has 9 heavy (non-hydrogen) atoms. The van der Waals surface area contributed by atoms with E-state index in [4.69, 9.17) is 0 Å². The molecule has 0 heterocycles. The van der Waals surface area contributed by atoms with E-state index in [9.17, 15) is 9.18 Å². The molecule has 0 radical (unpaired) electrons. The Labute approximate surface area is 53.3 Å². The summed E-state index contributed by atoms with van der Waals surface area (Å²) in [4.78, 5) is 10.3. The largest absolute Gasteiger partial charge is 0.461 e. The second kappa shape index (κ2) is 4.06. The van der Waals surface area contributed by atoms with Crippen molar-refractivity contribution < 1.29 is 13.9 Å². The van der Waals surface area contributed by atoms with Crippen LogP contribution < -0.4 is 0 Å². The fraction of sp³-hybridized carbons (Fsp3) is 0.500. The van der Waals surface area contributed by atoms with Crippen LogP contribution in [0.2, 0.25) is 0 Å². The zero-order chi connectivity index (χ0) is 7.28. The number of carbonyl (C=O) groups excluding carboxylic acids is 1. The molecule has 0 aliphatic rings. The quantitative estimate of drug-likeness (QED) is 0.419. The molecule has 0 fully saturated rings. The van der Waals surface area contributed by atoms with Crippen LogP contribution in [0, 0.1) is 0 Å². The summed E-state index contributed by atoms with van der Waals surface area (Å²) in [7, 11) is 0. The average Bonchev–Trinajstić information content (AvgIpc) is 1.87. The molecular formula is C6H9FO2. The van der Waals surface area contributed by atoms with Crippen molar-refractivity contribution >= 4 is 5.97 Å². The van der Waals surface area contributed by atoms with Crippen molar-refractivity contribution in [3.05, 3.63) is 11.9 Å². The molecule has 3 heteroatoms. The molecule has 0 aliphatic carbocycles. The minimum Gasteiger partial charge on any atom is -0.461 e. The van der Waals surface area contributed by atoms with Crippen LogP contribution in [-0.2, 0) is 9.53 Å². The lowest BCUT2D eigenvalue weighted by Crippen LogP contribution is -2.03. The Kier molecular flexibility index (Phi) is 3.67. The zero-order valence-electron chi connectivity index (χ0n) is 5.48. The van der Waals surface area contributed by atoms with E-state index in [2.05, 4.69) is 4.74 Å². The van der Waals surface area contributed by atoms with Gasteiger partial charge in [0.1, 0.15) is 0 Å². The number of ether oxygens (including phenoxy) is 1. The predicted octanol–water partition coefficient (Wildman–Crippen LogP) is 1.42. The van der Waals surface area contributed by atoms with Crippen molar-refractivity contribution in [3.8, 4) is 0 Å². The van der Waals surface area contributed by atoms with Crippen LogP contribution in [0.25, 0.3) is 0 Å². The number of allylic oxidation sites excluding steroid dienone is 1. The van der Waals surface area contributed by atoms with E-state index < -0.39 is 11.8 Å². The third kappa shape index (κ3) is 2.85. The highest BCUT2D eigenvalue weighted by molar-refractivity contribution is 5.85. The lowest BCUT2D eigenvalue weighted by atomic mass is 10.5. The summed E-state index contributed by atoms with van der Waals surface area (Å²) in [5.74, 6) is -1.73. The van der Waals surface area contributed by atoms with Gasteiger partial charge in [-0.3, -0.25) is 0 Å². The minimum absolute atomic E-state index is 0.208. The first-order valence-electron chi connectivity index (χ1n) is 2.71. The van der Waals surface area contributed by atoms with E-state index >= 15 is 0 Å². The molecule has 0 N–H and O–H groups in total. The molecule has 0 aromatic carbocycles. The summed E-state index contributed by atoms with van der Waals surface area (Å²) in [5, 5.41) is 0. The summed E-state index contributed by atoms with van der Waals surface area (Å²) in [6.07, 6.45) is 1.07. The summed E-state index contributed by atoms with van der Waals surface area (Å²) in [6, 6.07) is 0. The Bertz CT molecular complexity index is 129. The summed E-state index contributed by atoms with van der Waals surface area (Å²) < 4.78 is 16.4. The van der Waals surface area contributed by atoms with Gasteiger partial charge in [0.05, 0.1) is 6.61 Å². The highest BCUT2D eigenvalue weighted by Crippen LogP contribution is 1.97. The van der Waals surface area contributed by atoms with Gasteiger partial charge >= 0.3 is 5.97 Å². The van der Waals surface area contributed by atoms with Crippen molar-refractivity contribution in [3.63, 3.8) is 0 Å². The molecule has 2 nitrogen and oxygen atoms in total. The van der Waals surface area contributed by atoms with Crippen molar-refractivity contribution in [1.82, 2.24) is 0 Å². The monoisotopic (exact) mass is 132 g/mol. The lowest BCUT2D eigenvalue weighted by Gasteiger charge is -1.95. The van der Waals surface area contributed by atoms with Gasteiger partial charge in [-0.2, -0.15) is 4.39 Å². The molecule has 0 aliphatic heterocycles. The van der Waals surface area contributed by atoms with Gasteiger partial charge in [0.15, 0.2) is 0 Å². The maximum atomic E-state index is 12.1. The molecular weight excluding hydrogens is 123 g/mol. The van der Waals surface area contributed by atoms with Crippen molar-refractivity contribution in [2.75, 3.05) is 6.61 Å². The van der Waals surface area contributed by atoms with Crippen LogP contribution in [0.4, 0.5) is 4.39 Å². The molecule has 52 valence electrons. The first-order chi connectivity index (χ1) is 4.22. The Balaban J connectivity index is 3.74. The van der Waals surface area contributed by atoms with Crippen LogP contribution in [0.3, 0.4) is 0 Å². The van der Waals surface area contributed by atoms with Crippen LogP contribution in [0.1, 0.15) is 13.8 Å². The Hall–Kier alpha value is -0.860. The van der Waals surface area contributed by atoms with Crippen LogP contribution in [-0.4, -0.2) is 12.6 Å². The molecule has 0 aromatic heterocycles. The Morgan fingerprint density at radius 1 is 1.78 bits per heavy atom. The van der Waals surface area contributed by atoms with E-state index in [0.717, 1.165) is 6.08 Å². The summed E-state index contributed by atoms with van der Waals surface area (Å²) >= 11 is 0. The standard InChI is InChI=1S/C6H9FO2/c1-3-5(7)6(8)9-4-2/h3H,4H2,1-2H3/b5-3-. The normalized spacial score (nSPS) is 11.2. The van der Waals surface area contributed by atoms with Gasteiger partial charge in [-0.25, -0.2) is 4.79 Å². The Morgan fingerprint density at radius 3 is 2.67 bits per heavy atom. The fourth-order valence-corrected chi connectivity index (χ4v) is 0.318. The van der Waals surface area contributed by atoms with Crippen molar-refractivity contribution in [1.29, 1.82) is 0 Å². The molecule has 0 aromatic rings. The van der Waals surface area contributed by atoms with Crippen molar-refractivity contribution in [2.45, 2.75) is 13.8 Å². The fourth-order valence-electron chi connectivity index (χ4n) is 0.318. The van der Waals surface area contributed by atoms with Crippen LogP contribution in [0.5, 0.6) is 0 Å². The number of halogens is 1. The highest BCUT2D eigenvalue weighted by Gasteiger charge is 2.05. The molecule has 0 atom stereocenters. The molecule has 0 unspecified atom stereocenters. The van der Waals surface area contributed by atoms with Gasteiger partial charge in [-0.05, 0) is 19.9 Å². The molecule has 0 rings (SSSR count).